The number of aliphatic hydroxyl groups is 1. The fourth-order valence-corrected chi connectivity index (χ4v) is 2.47. The summed E-state index contributed by atoms with van der Waals surface area (Å²) in [6, 6.07) is 2.33. The molecule has 1 aliphatic rings. The maximum atomic E-state index is 13.2. The largest absolute Gasteiger partial charge is 0.494 e. The Morgan fingerprint density at radius 1 is 1.38 bits per heavy atom. The van der Waals surface area contributed by atoms with Gasteiger partial charge in [-0.05, 0) is 31.5 Å². The number of hydrogen-bond donors (Lipinski definition) is 3. The van der Waals surface area contributed by atoms with Crippen LogP contribution in [0.15, 0.2) is 30.4 Å². The Morgan fingerprint density at radius 2 is 2.12 bits per heavy atom. The van der Waals surface area contributed by atoms with E-state index in [2.05, 4.69) is 10.6 Å². The third-order valence-electron chi connectivity index (χ3n) is 3.58. The van der Waals surface area contributed by atoms with Gasteiger partial charge in [0.2, 0.25) is 0 Å². The molecular weight excluding hydrogens is 325 g/mol. The highest BCUT2D eigenvalue weighted by molar-refractivity contribution is 5.90. The number of urea groups is 1. The lowest BCUT2D eigenvalue weighted by atomic mass is 10.1. The first kappa shape index (κ1) is 18.1. The quantitative estimate of drug-likeness (QED) is 0.719. The van der Waals surface area contributed by atoms with E-state index in [0.29, 0.717) is 6.42 Å². The van der Waals surface area contributed by atoms with Crippen molar-refractivity contribution < 1.29 is 27.8 Å². The first-order valence-electron chi connectivity index (χ1n) is 7.54. The van der Waals surface area contributed by atoms with Gasteiger partial charge in [0.05, 0.1) is 17.9 Å². The summed E-state index contributed by atoms with van der Waals surface area (Å²) >= 11 is 0. The Kier molecular flexibility index (Phi) is 5.71. The van der Waals surface area contributed by atoms with Gasteiger partial charge in [0.15, 0.2) is 0 Å². The lowest BCUT2D eigenvalue weighted by molar-refractivity contribution is -0.137. The third-order valence-corrected chi connectivity index (χ3v) is 3.58. The minimum atomic E-state index is -4.62. The van der Waals surface area contributed by atoms with E-state index in [1.165, 1.54) is 6.07 Å². The maximum Gasteiger partial charge on any atom is 0.418 e. The summed E-state index contributed by atoms with van der Waals surface area (Å²) in [5.41, 5.74) is -1.32. The van der Waals surface area contributed by atoms with Gasteiger partial charge < -0.3 is 20.5 Å². The number of nitrogens with one attached hydrogen (secondary N) is 2. The summed E-state index contributed by atoms with van der Waals surface area (Å²) in [6.45, 7) is 1.87. The Labute approximate surface area is 137 Å². The van der Waals surface area contributed by atoms with Gasteiger partial charge in [0.1, 0.15) is 5.75 Å². The van der Waals surface area contributed by atoms with E-state index in [1.54, 1.807) is 19.1 Å². The van der Waals surface area contributed by atoms with Gasteiger partial charge in [-0.25, -0.2) is 4.79 Å². The fraction of sp³-hybridized carbons (Fsp3) is 0.438. The van der Waals surface area contributed by atoms with E-state index < -0.39 is 17.8 Å². The molecule has 0 aromatic heterocycles. The molecule has 0 saturated heterocycles. The predicted molar refractivity (Wildman–Crippen MR) is 82.9 cm³/mol. The number of aliphatic hydroxyl groups excluding tert-OH is 1. The van der Waals surface area contributed by atoms with Crippen molar-refractivity contribution >= 4 is 11.7 Å². The van der Waals surface area contributed by atoms with Gasteiger partial charge in [-0.3, -0.25) is 0 Å². The van der Waals surface area contributed by atoms with Crippen LogP contribution in [0.25, 0.3) is 0 Å². The summed E-state index contributed by atoms with van der Waals surface area (Å²) < 4.78 is 44.5. The van der Waals surface area contributed by atoms with Crippen LogP contribution >= 0.6 is 0 Å². The van der Waals surface area contributed by atoms with E-state index >= 15 is 0 Å². The van der Waals surface area contributed by atoms with E-state index in [4.69, 9.17) is 9.84 Å². The van der Waals surface area contributed by atoms with Gasteiger partial charge in [-0.15, -0.1) is 0 Å². The van der Waals surface area contributed by atoms with E-state index in [9.17, 15) is 18.0 Å². The number of halogens is 3. The molecule has 0 fully saturated rings. The Morgan fingerprint density at radius 3 is 2.71 bits per heavy atom. The van der Waals surface area contributed by atoms with Crippen LogP contribution in [0.5, 0.6) is 5.75 Å². The molecule has 2 rings (SSSR count). The summed E-state index contributed by atoms with van der Waals surface area (Å²) in [7, 11) is 0. The van der Waals surface area contributed by atoms with Crippen molar-refractivity contribution in [2.75, 3.05) is 18.5 Å². The highest BCUT2D eigenvalue weighted by Gasteiger charge is 2.34. The van der Waals surface area contributed by atoms with E-state index in [-0.39, 0.29) is 36.6 Å². The molecule has 1 aromatic carbocycles. The maximum absolute atomic E-state index is 13.2. The van der Waals surface area contributed by atoms with E-state index in [1.807, 2.05) is 0 Å². The third kappa shape index (κ3) is 4.64. The van der Waals surface area contributed by atoms with Crippen LogP contribution in [0.4, 0.5) is 23.7 Å². The monoisotopic (exact) mass is 344 g/mol. The molecule has 0 radical (unpaired) electrons. The average molecular weight is 344 g/mol. The van der Waals surface area contributed by atoms with Crippen molar-refractivity contribution in [1.29, 1.82) is 0 Å². The van der Waals surface area contributed by atoms with Crippen LogP contribution in [0.1, 0.15) is 18.9 Å². The molecular formula is C16H19F3N2O3. The van der Waals surface area contributed by atoms with Crippen molar-refractivity contribution in [1.82, 2.24) is 5.32 Å². The van der Waals surface area contributed by atoms with Crippen molar-refractivity contribution in [2.24, 2.45) is 5.92 Å². The Bertz CT molecular complexity index is 617. The minimum Gasteiger partial charge on any atom is -0.494 e. The number of ether oxygens (including phenoxy) is 1. The molecule has 0 spiro atoms. The second kappa shape index (κ2) is 7.57. The van der Waals surface area contributed by atoms with Gasteiger partial charge in [0, 0.05) is 18.6 Å². The summed E-state index contributed by atoms with van der Waals surface area (Å²) in [6.07, 6.45) is -0.628. The smallest absolute Gasteiger partial charge is 0.418 e. The van der Waals surface area contributed by atoms with Crippen LogP contribution < -0.4 is 15.4 Å². The zero-order valence-corrected chi connectivity index (χ0v) is 13.1. The molecule has 2 atom stereocenters. The normalized spacial score (nSPS) is 20.0. The fourth-order valence-electron chi connectivity index (χ4n) is 2.47. The second-order valence-corrected chi connectivity index (χ2v) is 5.41. The number of rotatable bonds is 5. The highest BCUT2D eigenvalue weighted by Crippen LogP contribution is 2.37. The molecule has 0 bridgehead atoms. The lowest BCUT2D eigenvalue weighted by Gasteiger charge is -2.17. The Hall–Kier alpha value is -2.22. The first-order valence-corrected chi connectivity index (χ1v) is 7.54. The molecule has 0 heterocycles. The average Bonchev–Trinajstić information content (AvgIpc) is 2.95. The van der Waals surface area contributed by atoms with Crippen molar-refractivity contribution in [2.45, 2.75) is 25.6 Å². The number of alkyl halides is 3. The number of benzene rings is 1. The topological polar surface area (TPSA) is 70.6 Å². The number of amides is 2. The number of carbonyl (C=O) groups excluding carboxylic acids is 1. The van der Waals surface area contributed by atoms with E-state index in [0.717, 1.165) is 12.1 Å². The number of carbonyl (C=O) groups is 1. The van der Waals surface area contributed by atoms with Crippen LogP contribution in [-0.2, 0) is 6.18 Å². The summed E-state index contributed by atoms with van der Waals surface area (Å²) in [5.74, 6) is 0.0341. The van der Waals surface area contributed by atoms with Crippen molar-refractivity contribution in [3.63, 3.8) is 0 Å². The highest BCUT2D eigenvalue weighted by atomic mass is 19.4. The predicted octanol–water partition coefficient (Wildman–Crippen LogP) is 3.16. The minimum absolute atomic E-state index is 0.0343. The van der Waals surface area contributed by atoms with Gasteiger partial charge in [-0.1, -0.05) is 12.2 Å². The molecule has 8 heteroatoms. The molecule has 1 aromatic rings. The second-order valence-electron chi connectivity index (χ2n) is 5.41. The molecule has 2 amide bonds. The van der Waals surface area contributed by atoms with Gasteiger partial charge in [0.25, 0.3) is 0 Å². The van der Waals surface area contributed by atoms with Crippen LogP contribution in [0.3, 0.4) is 0 Å². The molecule has 3 N–H and O–H groups in total. The zero-order chi connectivity index (χ0) is 17.7. The summed E-state index contributed by atoms with van der Waals surface area (Å²) in [5, 5.41) is 13.8. The lowest BCUT2D eigenvalue weighted by Crippen LogP contribution is -2.36. The van der Waals surface area contributed by atoms with Gasteiger partial charge >= 0.3 is 12.2 Å². The van der Waals surface area contributed by atoms with Crippen molar-refractivity contribution in [3.8, 4) is 5.75 Å². The van der Waals surface area contributed by atoms with Crippen LogP contribution in [-0.4, -0.2) is 30.4 Å². The molecule has 0 aliphatic heterocycles. The van der Waals surface area contributed by atoms with Crippen LogP contribution in [0.2, 0.25) is 0 Å². The molecule has 132 valence electrons. The molecule has 1 aliphatic carbocycles. The Balaban J connectivity index is 2.08. The van der Waals surface area contributed by atoms with Crippen LogP contribution in [0, 0.1) is 5.92 Å². The number of anilines is 1. The number of hydrogen-bond acceptors (Lipinski definition) is 3. The molecule has 0 saturated carbocycles. The SMILES string of the molecule is CCOc1ccc(NC(=O)N[C@@H]2C=C[C@H](CO)C2)c(C(F)(F)F)c1. The van der Waals surface area contributed by atoms with Crippen molar-refractivity contribution in [3.05, 3.63) is 35.9 Å². The first-order chi connectivity index (χ1) is 11.3. The van der Waals surface area contributed by atoms with Gasteiger partial charge in [-0.2, -0.15) is 13.2 Å². The zero-order valence-electron chi connectivity index (χ0n) is 13.1. The standard InChI is InChI=1S/C16H19F3N2O3/c1-2-24-12-5-6-14(13(8-12)16(17,18)19)21-15(23)20-11-4-3-10(7-11)9-22/h3-6,8,10-11,22H,2,7,9H2,1H3,(H2,20,21,23)/t10-,11+/m0/s1. The molecule has 5 nitrogen and oxygen atoms in total. The molecule has 24 heavy (non-hydrogen) atoms. The summed E-state index contributed by atoms with van der Waals surface area (Å²) in [4.78, 5) is 11.9. The molecule has 0 unspecified atom stereocenters.